The second-order valence-electron chi connectivity index (χ2n) is 5.56. The molecule has 0 saturated carbocycles. The topological polar surface area (TPSA) is 27.6 Å². The molecule has 18 heavy (non-hydrogen) atoms. The van der Waals surface area contributed by atoms with Crippen molar-refractivity contribution in [3.8, 4) is 0 Å². The number of likely N-dealkylation sites (tertiary alicyclic amines) is 1. The van der Waals surface area contributed by atoms with Crippen molar-refractivity contribution in [2.45, 2.75) is 46.5 Å². The summed E-state index contributed by atoms with van der Waals surface area (Å²) in [5.74, 6) is 2.78. The number of hydrogen-bond acceptors (Lipinski definition) is 1. The molecule has 0 aliphatic carbocycles. The van der Waals surface area contributed by atoms with Crippen LogP contribution in [0.3, 0.4) is 0 Å². The number of nitrogens with zero attached hydrogens (tertiary/aromatic N) is 2. The maximum Gasteiger partial charge on any atom is 0.193 e. The van der Waals surface area contributed by atoms with E-state index >= 15 is 0 Å². The zero-order valence-electron chi connectivity index (χ0n) is 12.4. The van der Waals surface area contributed by atoms with E-state index in [1.54, 1.807) is 0 Å². The van der Waals surface area contributed by atoms with E-state index in [9.17, 15) is 0 Å². The van der Waals surface area contributed by atoms with Crippen molar-refractivity contribution in [2.24, 2.45) is 16.8 Å². The van der Waals surface area contributed by atoms with Gasteiger partial charge in [0.25, 0.3) is 0 Å². The molecule has 1 N–H and O–H groups in total. The van der Waals surface area contributed by atoms with Crippen molar-refractivity contribution in [3.05, 3.63) is 0 Å². The molecule has 1 fully saturated rings. The molecule has 0 aromatic carbocycles. The van der Waals surface area contributed by atoms with Crippen molar-refractivity contribution in [3.63, 3.8) is 0 Å². The normalized spacial score (nSPS) is 20.2. The third-order valence-corrected chi connectivity index (χ3v) is 3.42. The van der Waals surface area contributed by atoms with E-state index in [1.165, 1.54) is 38.8 Å². The van der Waals surface area contributed by atoms with E-state index in [-0.39, 0.29) is 24.0 Å². The van der Waals surface area contributed by atoms with E-state index in [2.05, 4.69) is 36.0 Å². The minimum Gasteiger partial charge on any atom is -0.356 e. The van der Waals surface area contributed by atoms with Gasteiger partial charge in [-0.2, -0.15) is 0 Å². The van der Waals surface area contributed by atoms with Crippen LogP contribution < -0.4 is 5.32 Å². The van der Waals surface area contributed by atoms with Gasteiger partial charge >= 0.3 is 0 Å². The van der Waals surface area contributed by atoms with Crippen LogP contribution in [-0.2, 0) is 0 Å². The summed E-state index contributed by atoms with van der Waals surface area (Å²) >= 11 is 0. The summed E-state index contributed by atoms with van der Waals surface area (Å²) in [6, 6.07) is 0. The van der Waals surface area contributed by atoms with Gasteiger partial charge in [-0.25, -0.2) is 0 Å². The van der Waals surface area contributed by atoms with Crippen LogP contribution in [0.1, 0.15) is 46.5 Å². The van der Waals surface area contributed by atoms with Crippen LogP contribution in [0.25, 0.3) is 0 Å². The van der Waals surface area contributed by atoms with Crippen molar-refractivity contribution >= 4 is 29.9 Å². The molecule has 1 aliphatic rings. The van der Waals surface area contributed by atoms with Crippen LogP contribution in [0, 0.1) is 11.8 Å². The lowest BCUT2D eigenvalue weighted by Gasteiger charge is -2.22. The Hall–Kier alpha value is 0. The van der Waals surface area contributed by atoms with Crippen molar-refractivity contribution in [1.29, 1.82) is 0 Å². The van der Waals surface area contributed by atoms with Crippen molar-refractivity contribution in [2.75, 3.05) is 26.7 Å². The van der Waals surface area contributed by atoms with Gasteiger partial charge in [-0.3, -0.25) is 4.99 Å². The number of unbranched alkanes of at least 4 members (excludes halogenated alkanes) is 1. The molecule has 1 heterocycles. The van der Waals surface area contributed by atoms with Crippen LogP contribution in [0.5, 0.6) is 0 Å². The Kier molecular flexibility index (Phi) is 9.87. The molecule has 0 bridgehead atoms. The van der Waals surface area contributed by atoms with Crippen LogP contribution in [0.2, 0.25) is 0 Å². The van der Waals surface area contributed by atoms with Gasteiger partial charge in [0.05, 0.1) is 0 Å². The monoisotopic (exact) mass is 367 g/mol. The summed E-state index contributed by atoms with van der Waals surface area (Å²) in [7, 11) is 1.89. The summed E-state index contributed by atoms with van der Waals surface area (Å²) in [6.45, 7) is 10.3. The van der Waals surface area contributed by atoms with Gasteiger partial charge in [-0.15, -0.1) is 24.0 Å². The Bertz CT molecular complexity index is 241. The number of halogens is 1. The number of nitrogens with one attached hydrogen (secondary N) is 1. The highest BCUT2D eigenvalue weighted by Gasteiger charge is 2.24. The fourth-order valence-corrected chi connectivity index (χ4v) is 2.59. The molecule has 0 radical (unpaired) electrons. The molecule has 1 atom stereocenters. The first-order valence-electron chi connectivity index (χ1n) is 7.13. The van der Waals surface area contributed by atoms with E-state index in [4.69, 9.17) is 0 Å². The predicted molar refractivity (Wildman–Crippen MR) is 90.8 cm³/mol. The molecular formula is C14H30IN3. The van der Waals surface area contributed by atoms with Gasteiger partial charge < -0.3 is 10.2 Å². The molecule has 0 spiro atoms. The Morgan fingerprint density at radius 1 is 1.44 bits per heavy atom. The van der Waals surface area contributed by atoms with Crippen LogP contribution in [-0.4, -0.2) is 37.5 Å². The first kappa shape index (κ1) is 18.0. The highest BCUT2D eigenvalue weighted by molar-refractivity contribution is 14.0. The Labute approximate surface area is 130 Å². The average Bonchev–Trinajstić information content (AvgIpc) is 2.72. The van der Waals surface area contributed by atoms with Gasteiger partial charge in [-0.05, 0) is 31.1 Å². The summed E-state index contributed by atoms with van der Waals surface area (Å²) in [6.07, 6.45) is 5.14. The maximum absolute atomic E-state index is 4.39. The number of aliphatic imine (C=N–C) groups is 1. The van der Waals surface area contributed by atoms with Crippen LogP contribution in [0.15, 0.2) is 4.99 Å². The molecule has 0 aromatic heterocycles. The van der Waals surface area contributed by atoms with E-state index < -0.39 is 0 Å². The molecule has 3 nitrogen and oxygen atoms in total. The molecule has 4 heteroatoms. The Morgan fingerprint density at radius 3 is 2.72 bits per heavy atom. The fraction of sp³-hybridized carbons (Fsp3) is 0.929. The summed E-state index contributed by atoms with van der Waals surface area (Å²) < 4.78 is 0. The largest absolute Gasteiger partial charge is 0.356 e. The first-order chi connectivity index (χ1) is 8.17. The lowest BCUT2D eigenvalue weighted by atomic mass is 9.97. The molecule has 1 saturated heterocycles. The minimum atomic E-state index is 0. The van der Waals surface area contributed by atoms with Crippen LogP contribution in [0.4, 0.5) is 0 Å². The average molecular weight is 367 g/mol. The molecule has 0 amide bonds. The zero-order chi connectivity index (χ0) is 12.7. The molecule has 0 aromatic rings. The third kappa shape index (κ3) is 6.25. The van der Waals surface area contributed by atoms with Gasteiger partial charge in [0.1, 0.15) is 0 Å². The standard InChI is InChI=1S/C14H29N3.HI/c1-5-6-8-16-14(15-4)17-9-7-13(11-17)10-12(2)3;/h12-13H,5-11H2,1-4H3,(H,15,16);1H. The van der Waals surface area contributed by atoms with Gasteiger partial charge in [-0.1, -0.05) is 27.2 Å². The van der Waals surface area contributed by atoms with E-state index in [0.29, 0.717) is 0 Å². The summed E-state index contributed by atoms with van der Waals surface area (Å²) in [4.78, 5) is 6.81. The molecule has 1 aliphatic heterocycles. The summed E-state index contributed by atoms with van der Waals surface area (Å²) in [5.41, 5.74) is 0. The Morgan fingerprint density at radius 2 is 2.17 bits per heavy atom. The van der Waals surface area contributed by atoms with Crippen LogP contribution >= 0.6 is 24.0 Å². The zero-order valence-corrected chi connectivity index (χ0v) is 14.7. The smallest absolute Gasteiger partial charge is 0.193 e. The quantitative estimate of drug-likeness (QED) is 0.349. The lowest BCUT2D eigenvalue weighted by molar-refractivity contribution is 0.403. The van der Waals surface area contributed by atoms with Gasteiger partial charge in [0.15, 0.2) is 5.96 Å². The first-order valence-corrected chi connectivity index (χ1v) is 7.13. The highest BCUT2D eigenvalue weighted by Crippen LogP contribution is 2.23. The Balaban J connectivity index is 0.00000289. The summed E-state index contributed by atoms with van der Waals surface area (Å²) in [5, 5.41) is 3.46. The fourth-order valence-electron chi connectivity index (χ4n) is 2.59. The van der Waals surface area contributed by atoms with Gasteiger partial charge in [0.2, 0.25) is 0 Å². The second kappa shape index (κ2) is 9.87. The lowest BCUT2D eigenvalue weighted by Crippen LogP contribution is -2.40. The molecular weight excluding hydrogens is 337 g/mol. The van der Waals surface area contributed by atoms with Crippen molar-refractivity contribution < 1.29 is 0 Å². The second-order valence-corrected chi connectivity index (χ2v) is 5.56. The number of guanidine groups is 1. The van der Waals surface area contributed by atoms with E-state index in [0.717, 1.165) is 24.3 Å². The SMILES string of the molecule is CCCCNC(=NC)N1CCC(CC(C)C)C1.I. The van der Waals surface area contributed by atoms with E-state index in [1.807, 2.05) is 7.05 Å². The molecule has 1 rings (SSSR count). The molecule has 108 valence electrons. The van der Waals surface area contributed by atoms with Gasteiger partial charge in [0, 0.05) is 26.7 Å². The number of rotatable bonds is 5. The van der Waals surface area contributed by atoms with Crippen molar-refractivity contribution in [1.82, 2.24) is 10.2 Å². The highest BCUT2D eigenvalue weighted by atomic mass is 127. The predicted octanol–water partition coefficient (Wildman–Crippen LogP) is 3.35. The third-order valence-electron chi connectivity index (χ3n) is 3.42. The minimum absolute atomic E-state index is 0. The molecule has 1 unspecified atom stereocenters. The number of hydrogen-bond donors (Lipinski definition) is 1. The maximum atomic E-state index is 4.39.